The van der Waals surface area contributed by atoms with E-state index < -0.39 is 6.10 Å². The number of aliphatic hydroxyl groups excluding tert-OH is 1. The lowest BCUT2D eigenvalue weighted by atomic mass is 9.99. The van der Waals surface area contributed by atoms with E-state index in [-0.39, 0.29) is 5.56 Å². The van der Waals surface area contributed by atoms with Crippen molar-refractivity contribution in [3.8, 4) is 0 Å². The summed E-state index contributed by atoms with van der Waals surface area (Å²) in [4.78, 5) is 18.8. The van der Waals surface area contributed by atoms with Crippen LogP contribution >= 0.6 is 11.3 Å². The second kappa shape index (κ2) is 6.25. The lowest BCUT2D eigenvalue weighted by molar-refractivity contribution is 0.0794. The van der Waals surface area contributed by atoms with E-state index in [1.807, 2.05) is 11.4 Å². The van der Waals surface area contributed by atoms with Crippen molar-refractivity contribution in [1.82, 2.24) is 14.5 Å². The maximum Gasteiger partial charge on any atom is 0.271 e. The van der Waals surface area contributed by atoms with Gasteiger partial charge in [-0.2, -0.15) is 0 Å². The molecular formula is C15H21N3O2S. The van der Waals surface area contributed by atoms with Crippen molar-refractivity contribution in [1.29, 1.82) is 0 Å². The van der Waals surface area contributed by atoms with Crippen molar-refractivity contribution in [3.63, 3.8) is 0 Å². The van der Waals surface area contributed by atoms with Crippen LogP contribution < -0.4 is 5.56 Å². The van der Waals surface area contributed by atoms with Crippen molar-refractivity contribution in [2.24, 2.45) is 5.92 Å². The van der Waals surface area contributed by atoms with Crippen LogP contribution in [-0.4, -0.2) is 45.3 Å². The van der Waals surface area contributed by atoms with Crippen LogP contribution in [0.4, 0.5) is 0 Å². The van der Waals surface area contributed by atoms with Gasteiger partial charge in [0.1, 0.15) is 4.70 Å². The molecule has 1 atom stereocenters. The number of β-amino-alcohol motifs (C(OH)–C–C–N with tert-alkyl or cyclic N) is 1. The predicted octanol–water partition coefficient (Wildman–Crippen LogP) is 1.55. The summed E-state index contributed by atoms with van der Waals surface area (Å²) in [7, 11) is 0. The van der Waals surface area contributed by atoms with Gasteiger partial charge in [0, 0.05) is 6.54 Å². The van der Waals surface area contributed by atoms with Crippen LogP contribution in [0.25, 0.3) is 10.2 Å². The minimum atomic E-state index is -0.532. The number of nitrogens with zero attached hydrogens (tertiary/aromatic N) is 3. The highest BCUT2D eigenvalue weighted by Gasteiger charge is 2.19. The predicted molar refractivity (Wildman–Crippen MR) is 84.7 cm³/mol. The van der Waals surface area contributed by atoms with Gasteiger partial charge in [-0.1, -0.05) is 6.92 Å². The third-order valence-corrected chi connectivity index (χ3v) is 5.08. The summed E-state index contributed by atoms with van der Waals surface area (Å²) in [6, 6.07) is 1.84. The summed E-state index contributed by atoms with van der Waals surface area (Å²) in [5.41, 5.74) is 0.682. The molecule has 0 saturated carbocycles. The number of aliphatic hydroxyl groups is 1. The van der Waals surface area contributed by atoms with Gasteiger partial charge in [0.25, 0.3) is 5.56 Å². The molecule has 2 aromatic heterocycles. The van der Waals surface area contributed by atoms with Crippen LogP contribution in [0.1, 0.15) is 19.8 Å². The lowest BCUT2D eigenvalue weighted by Crippen LogP contribution is -2.40. The molecule has 3 rings (SSSR count). The molecule has 2 aromatic rings. The number of thiophene rings is 1. The van der Waals surface area contributed by atoms with Crippen molar-refractivity contribution < 1.29 is 5.11 Å². The smallest absolute Gasteiger partial charge is 0.271 e. The molecule has 6 heteroatoms. The zero-order valence-corrected chi connectivity index (χ0v) is 13.1. The third kappa shape index (κ3) is 3.33. The van der Waals surface area contributed by atoms with Gasteiger partial charge in [0.15, 0.2) is 0 Å². The largest absolute Gasteiger partial charge is 0.390 e. The molecule has 3 heterocycles. The molecular weight excluding hydrogens is 286 g/mol. The van der Waals surface area contributed by atoms with E-state index in [1.54, 1.807) is 6.33 Å². The Morgan fingerprint density at radius 2 is 2.19 bits per heavy atom. The molecule has 1 aliphatic rings. The Morgan fingerprint density at radius 1 is 1.43 bits per heavy atom. The van der Waals surface area contributed by atoms with E-state index in [1.165, 1.54) is 28.7 Å². The van der Waals surface area contributed by atoms with E-state index in [0.717, 1.165) is 24.5 Å². The van der Waals surface area contributed by atoms with Crippen molar-refractivity contribution in [2.45, 2.75) is 32.4 Å². The Balaban J connectivity index is 1.64. The van der Waals surface area contributed by atoms with Crippen LogP contribution in [0, 0.1) is 5.92 Å². The van der Waals surface area contributed by atoms with Gasteiger partial charge >= 0.3 is 0 Å². The first-order chi connectivity index (χ1) is 10.1. The second-order valence-corrected chi connectivity index (χ2v) is 6.89. The second-order valence-electron chi connectivity index (χ2n) is 5.97. The normalized spacial score (nSPS) is 19.1. The average molecular weight is 307 g/mol. The molecule has 114 valence electrons. The van der Waals surface area contributed by atoms with Crippen LogP contribution in [-0.2, 0) is 6.54 Å². The van der Waals surface area contributed by atoms with E-state index in [4.69, 9.17) is 0 Å². The van der Waals surface area contributed by atoms with Crippen LogP contribution in [0.2, 0.25) is 0 Å². The van der Waals surface area contributed by atoms with Gasteiger partial charge in [-0.15, -0.1) is 11.3 Å². The molecule has 1 aliphatic heterocycles. The zero-order chi connectivity index (χ0) is 14.8. The highest BCUT2D eigenvalue weighted by atomic mass is 32.1. The molecule has 0 aromatic carbocycles. The highest BCUT2D eigenvalue weighted by molar-refractivity contribution is 7.17. The fourth-order valence-corrected chi connectivity index (χ4v) is 3.63. The number of likely N-dealkylation sites (tertiary alicyclic amines) is 1. The van der Waals surface area contributed by atoms with E-state index >= 15 is 0 Å². The van der Waals surface area contributed by atoms with Crippen molar-refractivity contribution in [3.05, 3.63) is 28.1 Å². The van der Waals surface area contributed by atoms with Crippen LogP contribution in [0.15, 0.2) is 22.6 Å². The van der Waals surface area contributed by atoms with Crippen molar-refractivity contribution >= 4 is 21.6 Å². The highest BCUT2D eigenvalue weighted by Crippen LogP contribution is 2.16. The summed E-state index contributed by atoms with van der Waals surface area (Å²) in [6.07, 6.45) is 3.39. The van der Waals surface area contributed by atoms with E-state index in [0.29, 0.717) is 17.8 Å². The Hall–Kier alpha value is -1.24. The Morgan fingerprint density at radius 3 is 2.95 bits per heavy atom. The fraction of sp³-hybridized carbons (Fsp3) is 0.600. The zero-order valence-electron chi connectivity index (χ0n) is 12.2. The minimum Gasteiger partial charge on any atom is -0.390 e. The number of hydrogen-bond donors (Lipinski definition) is 1. The molecule has 21 heavy (non-hydrogen) atoms. The molecule has 5 nitrogen and oxygen atoms in total. The molecule has 0 bridgehead atoms. The van der Waals surface area contributed by atoms with Crippen LogP contribution in [0.5, 0.6) is 0 Å². The van der Waals surface area contributed by atoms with Gasteiger partial charge < -0.3 is 10.0 Å². The monoisotopic (exact) mass is 307 g/mol. The van der Waals surface area contributed by atoms with Gasteiger partial charge in [0.2, 0.25) is 0 Å². The SMILES string of the molecule is CC1CCN(C[C@@H](O)Cn2cnc3ccsc3c2=O)CC1. The standard InChI is InChI=1S/C15H21N3O2S/c1-11-2-5-17(6-3-11)8-12(19)9-18-10-16-13-4-7-21-14(13)15(18)20/h4,7,10-12,19H,2-3,5-6,8-9H2,1H3/t12-/m1/s1. The molecule has 0 amide bonds. The Labute approximate surface area is 127 Å². The number of hydrogen-bond acceptors (Lipinski definition) is 5. The van der Waals surface area contributed by atoms with Gasteiger partial charge in [-0.3, -0.25) is 9.36 Å². The molecule has 0 unspecified atom stereocenters. The summed E-state index contributed by atoms with van der Waals surface area (Å²) in [5, 5.41) is 12.1. The quantitative estimate of drug-likeness (QED) is 0.931. The molecule has 1 N–H and O–H groups in total. The average Bonchev–Trinajstić information content (AvgIpc) is 2.94. The van der Waals surface area contributed by atoms with E-state index in [2.05, 4.69) is 16.8 Å². The number of piperidine rings is 1. The van der Waals surface area contributed by atoms with Gasteiger partial charge in [-0.05, 0) is 43.3 Å². The lowest BCUT2D eigenvalue weighted by Gasteiger charge is -2.31. The van der Waals surface area contributed by atoms with E-state index in [9.17, 15) is 9.90 Å². The molecule has 0 aliphatic carbocycles. The minimum absolute atomic E-state index is 0.0543. The Bertz CT molecular complexity index is 658. The number of fused-ring (bicyclic) bond motifs is 1. The summed E-state index contributed by atoms with van der Waals surface area (Å²) in [6.45, 7) is 5.28. The van der Waals surface area contributed by atoms with Gasteiger partial charge in [0.05, 0.1) is 24.5 Å². The molecule has 0 radical (unpaired) electrons. The molecule has 1 saturated heterocycles. The maximum absolute atomic E-state index is 12.3. The molecule has 0 spiro atoms. The Kier molecular flexibility index (Phi) is 4.37. The first-order valence-electron chi connectivity index (χ1n) is 7.46. The number of aromatic nitrogens is 2. The fourth-order valence-electron chi connectivity index (χ4n) is 2.84. The topological polar surface area (TPSA) is 58.4 Å². The summed E-state index contributed by atoms with van der Waals surface area (Å²) >= 11 is 1.40. The maximum atomic E-state index is 12.3. The van der Waals surface area contributed by atoms with Crippen molar-refractivity contribution in [2.75, 3.05) is 19.6 Å². The summed E-state index contributed by atoms with van der Waals surface area (Å²) in [5.74, 6) is 0.784. The third-order valence-electron chi connectivity index (χ3n) is 4.19. The van der Waals surface area contributed by atoms with Crippen LogP contribution in [0.3, 0.4) is 0 Å². The first-order valence-corrected chi connectivity index (χ1v) is 8.34. The van der Waals surface area contributed by atoms with Gasteiger partial charge in [-0.25, -0.2) is 4.98 Å². The molecule has 1 fully saturated rings. The summed E-state index contributed by atoms with van der Waals surface area (Å²) < 4.78 is 2.19. The number of rotatable bonds is 4. The first kappa shape index (κ1) is 14.7.